The highest BCUT2D eigenvalue weighted by Crippen LogP contribution is 2.34. The Bertz CT molecular complexity index is 865. The van der Waals surface area contributed by atoms with Crippen molar-refractivity contribution in [3.63, 3.8) is 0 Å². The van der Waals surface area contributed by atoms with Crippen LogP contribution in [0.4, 0.5) is 5.69 Å². The molecule has 3 aromatic rings. The van der Waals surface area contributed by atoms with Crippen molar-refractivity contribution >= 4 is 28.2 Å². The number of aromatic nitrogens is 1. The number of fused-ring (bicyclic) bond motifs is 1. The van der Waals surface area contributed by atoms with Crippen LogP contribution in [0.1, 0.15) is 31.2 Å². The topological polar surface area (TPSA) is 48.0 Å². The number of nitrogens with one attached hydrogen (secondary N) is 2. The molecule has 0 aliphatic heterocycles. The van der Waals surface area contributed by atoms with E-state index in [1.807, 2.05) is 36.4 Å². The second-order valence-electron chi connectivity index (χ2n) is 6.54. The maximum absolute atomic E-state index is 9.60. The van der Waals surface area contributed by atoms with Gasteiger partial charge in [0.2, 0.25) is 0 Å². The number of hydrogen-bond donors (Lipinski definition) is 3. The molecule has 0 atom stereocenters. The number of aliphatic hydroxyl groups is 1. The minimum absolute atomic E-state index is 0.0273. The minimum atomic E-state index is 0.0273. The summed E-state index contributed by atoms with van der Waals surface area (Å²) in [5.41, 5.74) is 5.09. The fourth-order valence-electron chi connectivity index (χ4n) is 3.68. The molecule has 24 heavy (non-hydrogen) atoms. The highest BCUT2D eigenvalue weighted by atomic mass is 35.5. The van der Waals surface area contributed by atoms with Crippen LogP contribution in [0, 0.1) is 0 Å². The molecule has 0 spiro atoms. The van der Waals surface area contributed by atoms with Crippen LogP contribution in [-0.4, -0.2) is 16.1 Å². The zero-order valence-electron chi connectivity index (χ0n) is 13.5. The Morgan fingerprint density at radius 1 is 1.12 bits per heavy atom. The lowest BCUT2D eigenvalue weighted by atomic mass is 10.1. The Hall–Kier alpha value is -1.97. The van der Waals surface area contributed by atoms with Crippen LogP contribution in [0.15, 0.2) is 42.5 Å². The summed E-state index contributed by atoms with van der Waals surface area (Å²) in [5.74, 6) is 0. The Kier molecular flexibility index (Phi) is 4.21. The van der Waals surface area contributed by atoms with E-state index in [2.05, 4.69) is 16.4 Å². The lowest BCUT2D eigenvalue weighted by molar-refractivity contribution is 0.282. The van der Waals surface area contributed by atoms with Gasteiger partial charge in [0.15, 0.2) is 0 Å². The average molecular weight is 341 g/mol. The van der Waals surface area contributed by atoms with E-state index in [9.17, 15) is 5.11 Å². The van der Waals surface area contributed by atoms with Crippen molar-refractivity contribution in [3.8, 4) is 11.3 Å². The third-order valence-electron chi connectivity index (χ3n) is 4.89. The van der Waals surface area contributed by atoms with Crippen LogP contribution in [0.25, 0.3) is 22.2 Å². The van der Waals surface area contributed by atoms with Crippen LogP contribution in [0.2, 0.25) is 5.02 Å². The number of H-pyrrole nitrogens is 1. The van der Waals surface area contributed by atoms with E-state index in [0.717, 1.165) is 38.4 Å². The van der Waals surface area contributed by atoms with Gasteiger partial charge < -0.3 is 15.4 Å². The molecule has 0 saturated heterocycles. The maximum Gasteiger partial charge on any atom is 0.0695 e. The first kappa shape index (κ1) is 15.6. The van der Waals surface area contributed by atoms with Gasteiger partial charge in [-0.1, -0.05) is 48.7 Å². The molecule has 4 heteroatoms. The molecule has 1 fully saturated rings. The van der Waals surface area contributed by atoms with Crippen molar-refractivity contribution in [1.29, 1.82) is 0 Å². The van der Waals surface area contributed by atoms with E-state index in [4.69, 9.17) is 11.6 Å². The predicted molar refractivity (Wildman–Crippen MR) is 101 cm³/mol. The van der Waals surface area contributed by atoms with Gasteiger partial charge in [-0.3, -0.25) is 0 Å². The molecule has 124 valence electrons. The van der Waals surface area contributed by atoms with Gasteiger partial charge >= 0.3 is 0 Å². The van der Waals surface area contributed by atoms with Gasteiger partial charge in [-0.25, -0.2) is 0 Å². The molecule has 1 aromatic heterocycles. The number of hydrogen-bond acceptors (Lipinski definition) is 2. The van der Waals surface area contributed by atoms with Crippen LogP contribution < -0.4 is 5.32 Å². The molecule has 2 aromatic carbocycles. The number of halogens is 1. The van der Waals surface area contributed by atoms with E-state index in [1.54, 1.807) is 0 Å². The molecule has 3 N–H and O–H groups in total. The molecule has 1 aliphatic carbocycles. The molecular formula is C20H21ClN2O. The standard InChI is InChI=1S/C20H21ClN2O/c21-15-9-14-10-18(17-8-4-1-5-13(17)12-24)23-20(14)19(11-15)22-16-6-2-3-7-16/h1,4-5,8-11,16,22-24H,2-3,6-7,12H2. The first-order chi connectivity index (χ1) is 11.7. The van der Waals surface area contributed by atoms with E-state index in [0.29, 0.717) is 6.04 Å². The van der Waals surface area contributed by atoms with Gasteiger partial charge in [-0.15, -0.1) is 0 Å². The lowest BCUT2D eigenvalue weighted by Gasteiger charge is -2.14. The number of anilines is 1. The fourth-order valence-corrected chi connectivity index (χ4v) is 3.90. The first-order valence-electron chi connectivity index (χ1n) is 8.52. The molecule has 0 amide bonds. The van der Waals surface area contributed by atoms with E-state index >= 15 is 0 Å². The Morgan fingerprint density at radius 3 is 2.71 bits per heavy atom. The van der Waals surface area contributed by atoms with Gasteiger partial charge in [0.1, 0.15) is 0 Å². The molecule has 3 nitrogen and oxygen atoms in total. The fraction of sp³-hybridized carbons (Fsp3) is 0.300. The van der Waals surface area contributed by atoms with Gasteiger partial charge in [-0.2, -0.15) is 0 Å². The molecule has 0 bridgehead atoms. The van der Waals surface area contributed by atoms with Crippen LogP contribution in [0.5, 0.6) is 0 Å². The Balaban J connectivity index is 1.79. The number of aromatic amines is 1. The quantitative estimate of drug-likeness (QED) is 0.600. The van der Waals surface area contributed by atoms with Crippen molar-refractivity contribution in [2.24, 2.45) is 0 Å². The van der Waals surface area contributed by atoms with E-state index in [1.165, 1.54) is 25.7 Å². The average Bonchev–Trinajstić information content (AvgIpc) is 3.24. The lowest BCUT2D eigenvalue weighted by Crippen LogP contribution is -2.14. The Morgan fingerprint density at radius 2 is 1.92 bits per heavy atom. The largest absolute Gasteiger partial charge is 0.392 e. The first-order valence-corrected chi connectivity index (χ1v) is 8.90. The molecule has 0 radical (unpaired) electrons. The zero-order valence-corrected chi connectivity index (χ0v) is 14.2. The van der Waals surface area contributed by atoms with Crippen LogP contribution in [-0.2, 0) is 6.61 Å². The van der Waals surface area contributed by atoms with Crippen molar-refractivity contribution in [1.82, 2.24) is 4.98 Å². The minimum Gasteiger partial charge on any atom is -0.392 e. The van der Waals surface area contributed by atoms with Crippen LogP contribution in [0.3, 0.4) is 0 Å². The molecular weight excluding hydrogens is 320 g/mol. The molecule has 0 unspecified atom stereocenters. The molecule has 4 rings (SSSR count). The second kappa shape index (κ2) is 6.50. The molecule has 1 saturated carbocycles. The monoisotopic (exact) mass is 340 g/mol. The summed E-state index contributed by atoms with van der Waals surface area (Å²) in [5, 5.41) is 15.1. The predicted octanol–water partition coefficient (Wildman–Crippen LogP) is 5.34. The number of rotatable bonds is 4. The SMILES string of the molecule is OCc1ccccc1-c1cc2cc(Cl)cc(NC3CCCC3)c2[nH]1. The van der Waals surface area contributed by atoms with Crippen molar-refractivity contribution in [2.75, 3.05) is 5.32 Å². The van der Waals surface area contributed by atoms with Gasteiger partial charge in [0.25, 0.3) is 0 Å². The Labute approximate surface area is 146 Å². The van der Waals surface area contributed by atoms with Gasteiger partial charge in [-0.05, 0) is 36.6 Å². The van der Waals surface area contributed by atoms with E-state index in [-0.39, 0.29) is 6.61 Å². The summed E-state index contributed by atoms with van der Waals surface area (Å²) in [6, 6.07) is 14.5. The third-order valence-corrected chi connectivity index (χ3v) is 5.10. The highest BCUT2D eigenvalue weighted by molar-refractivity contribution is 6.32. The highest BCUT2D eigenvalue weighted by Gasteiger charge is 2.17. The van der Waals surface area contributed by atoms with Crippen molar-refractivity contribution in [3.05, 3.63) is 53.1 Å². The number of aliphatic hydroxyl groups excluding tert-OH is 1. The van der Waals surface area contributed by atoms with Gasteiger partial charge in [0, 0.05) is 27.7 Å². The second-order valence-corrected chi connectivity index (χ2v) is 6.98. The molecule has 1 aliphatic rings. The molecule has 1 heterocycles. The van der Waals surface area contributed by atoms with Gasteiger partial charge in [0.05, 0.1) is 17.8 Å². The smallest absolute Gasteiger partial charge is 0.0695 e. The summed E-state index contributed by atoms with van der Waals surface area (Å²) in [7, 11) is 0. The number of benzene rings is 2. The van der Waals surface area contributed by atoms with Crippen LogP contribution >= 0.6 is 11.6 Å². The van der Waals surface area contributed by atoms with Crippen molar-refractivity contribution in [2.45, 2.75) is 38.3 Å². The van der Waals surface area contributed by atoms with E-state index < -0.39 is 0 Å². The summed E-state index contributed by atoms with van der Waals surface area (Å²) in [4.78, 5) is 3.52. The maximum atomic E-state index is 9.60. The summed E-state index contributed by atoms with van der Waals surface area (Å²) < 4.78 is 0. The summed E-state index contributed by atoms with van der Waals surface area (Å²) in [6.45, 7) is 0.0273. The zero-order chi connectivity index (χ0) is 16.5. The summed E-state index contributed by atoms with van der Waals surface area (Å²) in [6.07, 6.45) is 5.02. The summed E-state index contributed by atoms with van der Waals surface area (Å²) >= 11 is 6.33. The normalized spacial score (nSPS) is 15.2. The van der Waals surface area contributed by atoms with Crippen molar-refractivity contribution < 1.29 is 5.11 Å². The third kappa shape index (κ3) is 2.90.